The third-order valence-electron chi connectivity index (χ3n) is 2.28. The summed E-state index contributed by atoms with van der Waals surface area (Å²) in [7, 11) is 0. The van der Waals surface area contributed by atoms with Gasteiger partial charge < -0.3 is 20.4 Å². The van der Waals surface area contributed by atoms with E-state index in [0.29, 0.717) is 5.56 Å². The van der Waals surface area contributed by atoms with E-state index in [1.54, 1.807) is 6.07 Å². The van der Waals surface area contributed by atoms with Crippen molar-refractivity contribution in [3.05, 3.63) is 29.3 Å². The highest BCUT2D eigenvalue weighted by atomic mass is 16.3. The molecule has 16 heavy (non-hydrogen) atoms. The quantitative estimate of drug-likeness (QED) is 0.583. The minimum Gasteiger partial charge on any atom is -0.508 e. The second-order valence-electron chi connectivity index (χ2n) is 3.42. The molecule has 5 nitrogen and oxygen atoms in total. The summed E-state index contributed by atoms with van der Waals surface area (Å²) in [5.41, 5.74) is 0.616. The zero-order valence-electron chi connectivity index (χ0n) is 8.54. The molecule has 0 saturated heterocycles. The van der Waals surface area contributed by atoms with E-state index < -0.39 is 12.2 Å². The average Bonchev–Trinajstić information content (AvgIpc) is 2.29. The Morgan fingerprint density at radius 2 is 2.00 bits per heavy atom. The van der Waals surface area contributed by atoms with Crippen LogP contribution in [-0.2, 0) is 6.61 Å². The van der Waals surface area contributed by atoms with Gasteiger partial charge in [-0.15, -0.1) is 0 Å². The Morgan fingerprint density at radius 1 is 1.31 bits per heavy atom. The number of nitriles is 1. The molecular weight excluding hydrogens is 210 g/mol. The number of benzene rings is 1. The summed E-state index contributed by atoms with van der Waals surface area (Å²) in [5, 5.41) is 45.7. The van der Waals surface area contributed by atoms with E-state index in [9.17, 15) is 15.3 Å². The van der Waals surface area contributed by atoms with Gasteiger partial charge in [-0.1, -0.05) is 6.07 Å². The van der Waals surface area contributed by atoms with Gasteiger partial charge in [0.1, 0.15) is 11.9 Å². The Balaban J connectivity index is 2.92. The molecule has 0 aliphatic rings. The van der Waals surface area contributed by atoms with Gasteiger partial charge in [-0.05, 0) is 17.7 Å². The minimum atomic E-state index is -1.20. The van der Waals surface area contributed by atoms with Crippen LogP contribution < -0.4 is 0 Å². The summed E-state index contributed by atoms with van der Waals surface area (Å²) in [6.07, 6.45) is -2.57. The summed E-state index contributed by atoms with van der Waals surface area (Å²) in [6.45, 7) is -0.360. The predicted octanol–water partition coefficient (Wildman–Crippen LogP) is 0.192. The van der Waals surface area contributed by atoms with Crippen LogP contribution in [0.2, 0.25) is 0 Å². The van der Waals surface area contributed by atoms with Crippen molar-refractivity contribution in [2.45, 2.75) is 25.2 Å². The van der Waals surface area contributed by atoms with Crippen LogP contribution in [0.3, 0.4) is 0 Å². The molecule has 86 valence electrons. The molecule has 0 aliphatic carbocycles. The van der Waals surface area contributed by atoms with Crippen LogP contribution in [0.1, 0.15) is 23.7 Å². The van der Waals surface area contributed by atoms with Crippen LogP contribution in [0.5, 0.6) is 5.75 Å². The van der Waals surface area contributed by atoms with Gasteiger partial charge in [0.05, 0.1) is 25.2 Å². The van der Waals surface area contributed by atoms with Gasteiger partial charge in [-0.2, -0.15) is 5.26 Å². The van der Waals surface area contributed by atoms with Crippen LogP contribution in [0.25, 0.3) is 0 Å². The van der Waals surface area contributed by atoms with E-state index in [1.165, 1.54) is 18.2 Å². The van der Waals surface area contributed by atoms with Crippen molar-refractivity contribution in [1.82, 2.24) is 0 Å². The third kappa shape index (κ3) is 2.70. The lowest BCUT2D eigenvalue weighted by Gasteiger charge is -2.16. The first-order chi connectivity index (χ1) is 7.60. The maximum atomic E-state index is 9.67. The van der Waals surface area contributed by atoms with Gasteiger partial charge in [-0.3, -0.25) is 0 Å². The molecule has 0 radical (unpaired) electrons. The zero-order valence-corrected chi connectivity index (χ0v) is 8.54. The number of aliphatic hydroxyl groups is 3. The first-order valence-electron chi connectivity index (χ1n) is 4.76. The maximum Gasteiger partial charge on any atom is 0.121 e. The monoisotopic (exact) mass is 223 g/mol. The van der Waals surface area contributed by atoms with E-state index in [4.69, 9.17) is 10.4 Å². The molecule has 0 fully saturated rings. The number of hydrogen-bond acceptors (Lipinski definition) is 5. The molecule has 0 aromatic heterocycles. The maximum absolute atomic E-state index is 9.67. The van der Waals surface area contributed by atoms with E-state index in [-0.39, 0.29) is 24.3 Å². The van der Waals surface area contributed by atoms with Crippen molar-refractivity contribution in [1.29, 1.82) is 5.26 Å². The second-order valence-corrected chi connectivity index (χ2v) is 3.42. The number of rotatable bonds is 4. The number of aromatic hydroxyl groups is 1. The molecule has 0 heterocycles. The lowest BCUT2D eigenvalue weighted by atomic mass is 10.00. The summed E-state index contributed by atoms with van der Waals surface area (Å²) in [5.74, 6) is -0.0757. The molecule has 0 saturated carbocycles. The van der Waals surface area contributed by atoms with Crippen LogP contribution in [0, 0.1) is 11.3 Å². The van der Waals surface area contributed by atoms with Crippen LogP contribution >= 0.6 is 0 Å². The fourth-order valence-electron chi connectivity index (χ4n) is 1.34. The summed E-state index contributed by atoms with van der Waals surface area (Å²) < 4.78 is 0. The fraction of sp³-hybridized carbons (Fsp3) is 0.364. The SMILES string of the molecule is N#CCC(O)C(O)c1ccc(O)c(CO)c1. The third-order valence-corrected chi connectivity index (χ3v) is 2.28. The van der Waals surface area contributed by atoms with E-state index in [0.717, 1.165) is 0 Å². The van der Waals surface area contributed by atoms with Gasteiger partial charge in [0.2, 0.25) is 0 Å². The smallest absolute Gasteiger partial charge is 0.121 e. The molecule has 2 atom stereocenters. The number of phenols is 1. The predicted molar refractivity (Wildman–Crippen MR) is 55.2 cm³/mol. The highest BCUT2D eigenvalue weighted by molar-refractivity contribution is 5.36. The van der Waals surface area contributed by atoms with Crippen LogP contribution in [-0.4, -0.2) is 26.5 Å². The molecule has 5 heteroatoms. The lowest BCUT2D eigenvalue weighted by Crippen LogP contribution is -2.17. The molecule has 0 amide bonds. The van der Waals surface area contributed by atoms with E-state index in [2.05, 4.69) is 0 Å². The lowest BCUT2D eigenvalue weighted by molar-refractivity contribution is 0.0215. The molecule has 1 rings (SSSR count). The van der Waals surface area contributed by atoms with Gasteiger partial charge in [0.15, 0.2) is 0 Å². The zero-order chi connectivity index (χ0) is 12.1. The summed E-state index contributed by atoms with van der Waals surface area (Å²) in [6, 6.07) is 5.89. The van der Waals surface area contributed by atoms with Crippen molar-refractivity contribution in [2.24, 2.45) is 0 Å². The van der Waals surface area contributed by atoms with Crippen molar-refractivity contribution < 1.29 is 20.4 Å². The molecule has 0 spiro atoms. The fourth-order valence-corrected chi connectivity index (χ4v) is 1.34. The van der Waals surface area contributed by atoms with Crippen molar-refractivity contribution in [3.8, 4) is 11.8 Å². The van der Waals surface area contributed by atoms with Crippen molar-refractivity contribution in [2.75, 3.05) is 0 Å². The Kier molecular flexibility index (Phi) is 4.26. The van der Waals surface area contributed by atoms with E-state index >= 15 is 0 Å². The standard InChI is InChI=1S/C11H13NO4/c12-4-3-10(15)11(16)7-1-2-9(14)8(5-7)6-13/h1-2,5,10-11,13-16H,3,6H2. The molecule has 4 N–H and O–H groups in total. The molecule has 1 aromatic rings. The van der Waals surface area contributed by atoms with Crippen LogP contribution in [0.4, 0.5) is 0 Å². The summed E-state index contributed by atoms with van der Waals surface area (Å²) >= 11 is 0. The Bertz CT molecular complexity index is 399. The largest absolute Gasteiger partial charge is 0.508 e. The van der Waals surface area contributed by atoms with Gasteiger partial charge in [0, 0.05) is 5.56 Å². The van der Waals surface area contributed by atoms with Gasteiger partial charge in [-0.25, -0.2) is 0 Å². The molecule has 1 aromatic carbocycles. The van der Waals surface area contributed by atoms with E-state index in [1.807, 2.05) is 0 Å². The second kappa shape index (κ2) is 5.47. The molecule has 0 aliphatic heterocycles. The number of aliphatic hydroxyl groups excluding tert-OH is 3. The Morgan fingerprint density at radius 3 is 2.56 bits per heavy atom. The van der Waals surface area contributed by atoms with Crippen LogP contribution in [0.15, 0.2) is 18.2 Å². The molecule has 2 unspecified atom stereocenters. The Labute approximate surface area is 92.8 Å². The minimum absolute atomic E-state index is 0.0757. The first kappa shape index (κ1) is 12.5. The normalized spacial score (nSPS) is 14.1. The van der Waals surface area contributed by atoms with Crippen molar-refractivity contribution in [3.63, 3.8) is 0 Å². The Hall–Kier alpha value is -1.61. The topological polar surface area (TPSA) is 105 Å². The number of hydrogen-bond donors (Lipinski definition) is 4. The number of nitrogens with zero attached hydrogens (tertiary/aromatic N) is 1. The highest BCUT2D eigenvalue weighted by Gasteiger charge is 2.18. The van der Waals surface area contributed by atoms with Gasteiger partial charge >= 0.3 is 0 Å². The summed E-state index contributed by atoms with van der Waals surface area (Å²) in [4.78, 5) is 0. The average molecular weight is 223 g/mol. The first-order valence-corrected chi connectivity index (χ1v) is 4.76. The molecular formula is C11H13NO4. The van der Waals surface area contributed by atoms with Crippen molar-refractivity contribution >= 4 is 0 Å². The molecule has 0 bridgehead atoms. The van der Waals surface area contributed by atoms with Gasteiger partial charge in [0.25, 0.3) is 0 Å². The highest BCUT2D eigenvalue weighted by Crippen LogP contribution is 2.25.